The highest BCUT2D eigenvalue weighted by Crippen LogP contribution is 2.23. The lowest BCUT2D eigenvalue weighted by molar-refractivity contribution is -0.137. The Balaban J connectivity index is 2.83. The molecule has 17 heavy (non-hydrogen) atoms. The van der Waals surface area contributed by atoms with Gasteiger partial charge in [0.1, 0.15) is 5.76 Å². The average molecular weight is 239 g/mol. The third kappa shape index (κ3) is 4.21. The number of hydrogen-bond acceptors (Lipinski definition) is 3. The molecule has 0 unspecified atom stereocenters. The zero-order valence-electron chi connectivity index (χ0n) is 11.0. The van der Waals surface area contributed by atoms with Gasteiger partial charge in [0.05, 0.1) is 12.1 Å². The SMILES string of the molecule is CC(C)Cc1oc(CCC(=O)O)nc1C(C)C. The number of nitrogens with zero attached hydrogens (tertiary/aromatic N) is 1. The molecule has 0 atom stereocenters. The van der Waals surface area contributed by atoms with Gasteiger partial charge in [-0.3, -0.25) is 4.79 Å². The molecular weight excluding hydrogens is 218 g/mol. The van der Waals surface area contributed by atoms with Crippen molar-refractivity contribution in [3.63, 3.8) is 0 Å². The molecule has 1 heterocycles. The van der Waals surface area contributed by atoms with E-state index in [-0.39, 0.29) is 6.42 Å². The Labute approximate surface area is 102 Å². The monoisotopic (exact) mass is 239 g/mol. The van der Waals surface area contributed by atoms with Crippen molar-refractivity contribution >= 4 is 5.97 Å². The number of carboxylic acid groups (broad SMARTS) is 1. The van der Waals surface area contributed by atoms with Gasteiger partial charge in [-0.25, -0.2) is 4.98 Å². The van der Waals surface area contributed by atoms with Crippen LogP contribution in [0.2, 0.25) is 0 Å². The van der Waals surface area contributed by atoms with Gasteiger partial charge in [0.2, 0.25) is 0 Å². The number of carboxylic acids is 1. The van der Waals surface area contributed by atoms with Crippen molar-refractivity contribution in [2.75, 3.05) is 0 Å². The van der Waals surface area contributed by atoms with Crippen LogP contribution in [0.25, 0.3) is 0 Å². The number of aryl methyl sites for hydroxylation is 1. The molecule has 0 amide bonds. The fourth-order valence-electron chi connectivity index (χ4n) is 1.70. The molecule has 0 saturated carbocycles. The van der Waals surface area contributed by atoms with Crippen molar-refractivity contribution in [2.45, 2.75) is 52.9 Å². The van der Waals surface area contributed by atoms with Crippen LogP contribution in [-0.2, 0) is 17.6 Å². The first kappa shape index (κ1) is 13.7. The van der Waals surface area contributed by atoms with E-state index < -0.39 is 5.97 Å². The summed E-state index contributed by atoms with van der Waals surface area (Å²) in [6.45, 7) is 8.40. The van der Waals surface area contributed by atoms with Gasteiger partial charge in [-0.05, 0) is 11.8 Å². The summed E-state index contributed by atoms with van der Waals surface area (Å²) in [6, 6.07) is 0. The molecule has 0 saturated heterocycles. The number of hydrogen-bond donors (Lipinski definition) is 1. The molecule has 0 radical (unpaired) electrons. The van der Waals surface area contributed by atoms with Crippen molar-refractivity contribution in [3.05, 3.63) is 17.3 Å². The Morgan fingerprint density at radius 3 is 2.47 bits per heavy atom. The molecule has 4 heteroatoms. The average Bonchev–Trinajstić information content (AvgIpc) is 2.57. The molecule has 0 aliphatic heterocycles. The van der Waals surface area contributed by atoms with E-state index in [0.29, 0.717) is 24.1 Å². The van der Waals surface area contributed by atoms with Crippen LogP contribution in [0.5, 0.6) is 0 Å². The van der Waals surface area contributed by atoms with Crippen LogP contribution < -0.4 is 0 Å². The fourth-order valence-corrected chi connectivity index (χ4v) is 1.70. The summed E-state index contributed by atoms with van der Waals surface area (Å²) in [4.78, 5) is 14.9. The minimum absolute atomic E-state index is 0.0686. The molecule has 0 spiro atoms. The van der Waals surface area contributed by atoms with E-state index in [9.17, 15) is 4.79 Å². The standard InChI is InChI=1S/C13H21NO3/c1-8(2)7-10-13(9(3)4)14-11(17-10)5-6-12(15)16/h8-9H,5-7H2,1-4H3,(H,15,16). The first-order valence-electron chi connectivity index (χ1n) is 6.10. The van der Waals surface area contributed by atoms with E-state index in [1.807, 2.05) is 0 Å². The summed E-state index contributed by atoms with van der Waals surface area (Å²) in [5, 5.41) is 8.64. The van der Waals surface area contributed by atoms with Crippen LogP contribution in [0.15, 0.2) is 4.42 Å². The predicted octanol–water partition coefficient (Wildman–Crippen LogP) is 3.01. The summed E-state index contributed by atoms with van der Waals surface area (Å²) in [6.07, 6.45) is 1.29. The molecule has 0 bridgehead atoms. The minimum Gasteiger partial charge on any atom is -0.481 e. The molecule has 0 aromatic carbocycles. The van der Waals surface area contributed by atoms with Crippen molar-refractivity contribution in [3.8, 4) is 0 Å². The van der Waals surface area contributed by atoms with Gasteiger partial charge >= 0.3 is 5.97 Å². The third-order valence-electron chi connectivity index (χ3n) is 2.47. The first-order chi connectivity index (χ1) is 7.90. The molecule has 0 fully saturated rings. The topological polar surface area (TPSA) is 63.3 Å². The quantitative estimate of drug-likeness (QED) is 0.828. The van der Waals surface area contributed by atoms with Gasteiger partial charge in [-0.15, -0.1) is 0 Å². The molecule has 1 N–H and O–H groups in total. The highest BCUT2D eigenvalue weighted by Gasteiger charge is 2.17. The second kappa shape index (κ2) is 5.84. The maximum Gasteiger partial charge on any atom is 0.303 e. The third-order valence-corrected chi connectivity index (χ3v) is 2.47. The van der Waals surface area contributed by atoms with E-state index in [1.165, 1.54) is 0 Å². The van der Waals surface area contributed by atoms with E-state index in [0.717, 1.165) is 17.9 Å². The minimum atomic E-state index is -0.820. The van der Waals surface area contributed by atoms with Crippen LogP contribution in [0.4, 0.5) is 0 Å². The molecular formula is C13H21NO3. The predicted molar refractivity (Wildman–Crippen MR) is 65.1 cm³/mol. The summed E-state index contributed by atoms with van der Waals surface area (Å²) < 4.78 is 5.66. The number of aliphatic carboxylic acids is 1. The zero-order valence-corrected chi connectivity index (χ0v) is 11.0. The Morgan fingerprint density at radius 2 is 2.00 bits per heavy atom. The largest absolute Gasteiger partial charge is 0.481 e. The normalized spacial score (nSPS) is 11.4. The number of rotatable bonds is 6. The van der Waals surface area contributed by atoms with Gasteiger partial charge in [-0.1, -0.05) is 27.7 Å². The van der Waals surface area contributed by atoms with Gasteiger partial charge in [0, 0.05) is 12.8 Å². The van der Waals surface area contributed by atoms with E-state index in [2.05, 4.69) is 32.7 Å². The zero-order chi connectivity index (χ0) is 13.0. The van der Waals surface area contributed by atoms with Gasteiger partial charge in [-0.2, -0.15) is 0 Å². The summed E-state index contributed by atoms with van der Waals surface area (Å²) in [5.74, 6) is 1.46. The fraction of sp³-hybridized carbons (Fsp3) is 0.692. The lowest BCUT2D eigenvalue weighted by Crippen LogP contribution is -1.99. The van der Waals surface area contributed by atoms with E-state index >= 15 is 0 Å². The van der Waals surface area contributed by atoms with Gasteiger partial charge in [0.25, 0.3) is 0 Å². The van der Waals surface area contributed by atoms with Crippen molar-refractivity contribution in [1.29, 1.82) is 0 Å². The van der Waals surface area contributed by atoms with Crippen molar-refractivity contribution in [2.24, 2.45) is 5.92 Å². The Hall–Kier alpha value is -1.32. The van der Waals surface area contributed by atoms with Crippen LogP contribution in [0, 0.1) is 5.92 Å². The van der Waals surface area contributed by atoms with Crippen LogP contribution in [0.3, 0.4) is 0 Å². The molecule has 1 aromatic heterocycles. The van der Waals surface area contributed by atoms with Crippen molar-refractivity contribution < 1.29 is 14.3 Å². The Bertz CT molecular complexity index is 380. The highest BCUT2D eigenvalue weighted by molar-refractivity contribution is 5.66. The summed E-state index contributed by atoms with van der Waals surface area (Å²) in [5.41, 5.74) is 0.971. The first-order valence-corrected chi connectivity index (χ1v) is 6.10. The maximum absolute atomic E-state index is 10.5. The molecule has 96 valence electrons. The Kier molecular flexibility index (Phi) is 4.73. The second-order valence-electron chi connectivity index (χ2n) is 5.06. The molecule has 4 nitrogen and oxygen atoms in total. The molecule has 1 aromatic rings. The van der Waals surface area contributed by atoms with Crippen LogP contribution >= 0.6 is 0 Å². The summed E-state index contributed by atoms with van der Waals surface area (Å²) in [7, 11) is 0. The van der Waals surface area contributed by atoms with Crippen LogP contribution in [-0.4, -0.2) is 16.1 Å². The number of oxazole rings is 1. The van der Waals surface area contributed by atoms with Gasteiger partial charge in [0.15, 0.2) is 5.89 Å². The molecule has 0 aliphatic rings. The highest BCUT2D eigenvalue weighted by atomic mass is 16.4. The van der Waals surface area contributed by atoms with E-state index in [1.54, 1.807) is 0 Å². The molecule has 0 aliphatic carbocycles. The summed E-state index contributed by atoms with van der Waals surface area (Å²) >= 11 is 0. The number of carbonyl (C=O) groups is 1. The lowest BCUT2D eigenvalue weighted by Gasteiger charge is -2.05. The van der Waals surface area contributed by atoms with Crippen LogP contribution in [0.1, 0.15) is 57.4 Å². The smallest absolute Gasteiger partial charge is 0.303 e. The second-order valence-corrected chi connectivity index (χ2v) is 5.06. The maximum atomic E-state index is 10.5. The number of aromatic nitrogens is 1. The van der Waals surface area contributed by atoms with Gasteiger partial charge < -0.3 is 9.52 Å². The van der Waals surface area contributed by atoms with E-state index in [4.69, 9.17) is 9.52 Å². The van der Waals surface area contributed by atoms with Crippen molar-refractivity contribution in [1.82, 2.24) is 4.98 Å². The lowest BCUT2D eigenvalue weighted by atomic mass is 10.0. The molecule has 1 rings (SSSR count). The Morgan fingerprint density at radius 1 is 1.35 bits per heavy atom.